The zero-order chi connectivity index (χ0) is 13.7. The van der Waals surface area contributed by atoms with Gasteiger partial charge < -0.3 is 11.1 Å². The van der Waals surface area contributed by atoms with Gasteiger partial charge in [-0.2, -0.15) is 0 Å². The minimum Gasteiger partial charge on any atom is -0.349 e. The molecule has 0 saturated heterocycles. The third-order valence-corrected chi connectivity index (χ3v) is 4.16. The zero-order valence-corrected chi connectivity index (χ0v) is 11.9. The Labute approximate surface area is 119 Å². The van der Waals surface area contributed by atoms with Crippen LogP contribution in [-0.2, 0) is 11.2 Å². The molecule has 1 aromatic carbocycles. The maximum absolute atomic E-state index is 12.0. The second-order valence-electron chi connectivity index (χ2n) is 5.37. The van der Waals surface area contributed by atoms with Gasteiger partial charge >= 0.3 is 0 Å². The smallest absolute Gasteiger partial charge is 0.220 e. The normalized spacial score (nSPS) is 17.4. The second kappa shape index (κ2) is 6.40. The Kier molecular flexibility index (Phi) is 4.83. The lowest BCUT2D eigenvalue weighted by molar-refractivity contribution is -0.122. The fraction of sp³-hybridized carbons (Fsp3) is 0.533. The number of carbonyl (C=O) groups is 1. The molecule has 1 aliphatic carbocycles. The lowest BCUT2D eigenvalue weighted by atomic mass is 9.97. The van der Waals surface area contributed by atoms with Crippen LogP contribution in [-0.4, -0.2) is 18.0 Å². The van der Waals surface area contributed by atoms with Crippen LogP contribution in [0.2, 0.25) is 5.02 Å². The van der Waals surface area contributed by atoms with Gasteiger partial charge in [-0.05, 0) is 37.0 Å². The van der Waals surface area contributed by atoms with Crippen LogP contribution in [0.4, 0.5) is 0 Å². The highest BCUT2D eigenvalue weighted by Gasteiger charge is 2.33. The van der Waals surface area contributed by atoms with E-state index in [0.717, 1.165) is 42.7 Å². The molecule has 0 atom stereocenters. The molecule has 104 valence electrons. The lowest BCUT2D eigenvalue weighted by Crippen LogP contribution is -2.51. The number of nitrogens with two attached hydrogens (primary N) is 1. The van der Waals surface area contributed by atoms with Gasteiger partial charge in [-0.3, -0.25) is 4.79 Å². The summed E-state index contributed by atoms with van der Waals surface area (Å²) in [5.41, 5.74) is 6.80. The molecule has 0 aliphatic heterocycles. The monoisotopic (exact) mass is 280 g/mol. The van der Waals surface area contributed by atoms with Crippen molar-refractivity contribution < 1.29 is 4.79 Å². The molecule has 19 heavy (non-hydrogen) atoms. The molecular formula is C15H21ClN2O. The van der Waals surface area contributed by atoms with Gasteiger partial charge in [0.2, 0.25) is 5.91 Å². The van der Waals surface area contributed by atoms with Gasteiger partial charge in [0.25, 0.3) is 0 Å². The maximum Gasteiger partial charge on any atom is 0.220 e. The SMILES string of the molecule is NCC1(NC(=O)CCc2ccc(Cl)cc2)CCCC1. The molecule has 3 nitrogen and oxygen atoms in total. The number of amides is 1. The number of benzene rings is 1. The van der Waals surface area contributed by atoms with Crippen molar-refractivity contribution in [3.05, 3.63) is 34.9 Å². The molecular weight excluding hydrogens is 260 g/mol. The van der Waals surface area contributed by atoms with Crippen LogP contribution in [0.5, 0.6) is 0 Å². The Morgan fingerprint density at radius 2 is 1.89 bits per heavy atom. The predicted molar refractivity (Wildman–Crippen MR) is 78.2 cm³/mol. The summed E-state index contributed by atoms with van der Waals surface area (Å²) >= 11 is 5.83. The van der Waals surface area contributed by atoms with E-state index in [1.165, 1.54) is 0 Å². The number of hydrogen-bond acceptors (Lipinski definition) is 2. The van der Waals surface area contributed by atoms with Crippen LogP contribution in [0, 0.1) is 0 Å². The average Bonchev–Trinajstić information content (AvgIpc) is 2.87. The summed E-state index contributed by atoms with van der Waals surface area (Å²) < 4.78 is 0. The Balaban J connectivity index is 1.82. The predicted octanol–water partition coefficient (Wildman–Crippen LogP) is 2.66. The van der Waals surface area contributed by atoms with E-state index < -0.39 is 0 Å². The number of aryl methyl sites for hydroxylation is 1. The number of carbonyl (C=O) groups excluding carboxylic acids is 1. The molecule has 0 bridgehead atoms. The molecule has 1 saturated carbocycles. The van der Waals surface area contributed by atoms with Crippen molar-refractivity contribution >= 4 is 17.5 Å². The molecule has 0 heterocycles. The molecule has 1 fully saturated rings. The largest absolute Gasteiger partial charge is 0.349 e. The first-order valence-corrected chi connectivity index (χ1v) is 7.27. The van der Waals surface area contributed by atoms with E-state index in [1.807, 2.05) is 24.3 Å². The third-order valence-electron chi connectivity index (χ3n) is 3.91. The minimum atomic E-state index is -0.142. The minimum absolute atomic E-state index is 0.0994. The average molecular weight is 281 g/mol. The summed E-state index contributed by atoms with van der Waals surface area (Å²) in [5.74, 6) is 0.0994. The van der Waals surface area contributed by atoms with Gasteiger partial charge in [0.1, 0.15) is 0 Å². The Bertz CT molecular complexity index is 424. The van der Waals surface area contributed by atoms with Crippen molar-refractivity contribution in [2.45, 2.75) is 44.1 Å². The highest BCUT2D eigenvalue weighted by Crippen LogP contribution is 2.28. The zero-order valence-electron chi connectivity index (χ0n) is 11.1. The first kappa shape index (κ1) is 14.4. The molecule has 0 aromatic heterocycles. The summed E-state index contributed by atoms with van der Waals surface area (Å²) in [6.07, 6.45) is 5.59. The summed E-state index contributed by atoms with van der Waals surface area (Å²) in [7, 11) is 0. The van der Waals surface area contributed by atoms with Gasteiger partial charge in [-0.25, -0.2) is 0 Å². The lowest BCUT2D eigenvalue weighted by Gasteiger charge is -2.28. The first-order chi connectivity index (χ1) is 9.13. The number of halogens is 1. The molecule has 0 spiro atoms. The molecule has 0 radical (unpaired) electrons. The molecule has 2 rings (SSSR count). The maximum atomic E-state index is 12.0. The standard InChI is InChI=1S/C15H21ClN2O/c16-13-6-3-12(4-7-13)5-8-14(19)18-15(11-17)9-1-2-10-15/h3-4,6-7H,1-2,5,8-11,17H2,(H,18,19). The van der Waals surface area contributed by atoms with Crippen molar-refractivity contribution in [2.75, 3.05) is 6.54 Å². The Hall–Kier alpha value is -1.06. The molecule has 4 heteroatoms. The number of hydrogen-bond donors (Lipinski definition) is 2. The van der Waals surface area contributed by atoms with E-state index in [9.17, 15) is 4.79 Å². The van der Waals surface area contributed by atoms with E-state index in [1.54, 1.807) is 0 Å². The highest BCUT2D eigenvalue weighted by atomic mass is 35.5. The van der Waals surface area contributed by atoms with E-state index in [-0.39, 0.29) is 11.4 Å². The number of rotatable bonds is 5. The van der Waals surface area contributed by atoms with Crippen molar-refractivity contribution in [1.29, 1.82) is 0 Å². The quantitative estimate of drug-likeness (QED) is 0.871. The van der Waals surface area contributed by atoms with Crippen LogP contribution in [0.15, 0.2) is 24.3 Å². The van der Waals surface area contributed by atoms with Gasteiger partial charge in [0.05, 0.1) is 5.54 Å². The van der Waals surface area contributed by atoms with E-state index in [4.69, 9.17) is 17.3 Å². The van der Waals surface area contributed by atoms with Gasteiger partial charge in [0, 0.05) is 18.0 Å². The molecule has 0 unspecified atom stereocenters. The van der Waals surface area contributed by atoms with Crippen molar-refractivity contribution in [1.82, 2.24) is 5.32 Å². The summed E-state index contributed by atoms with van der Waals surface area (Å²) in [5, 5.41) is 3.86. The van der Waals surface area contributed by atoms with Crippen molar-refractivity contribution in [3.63, 3.8) is 0 Å². The van der Waals surface area contributed by atoms with Gasteiger partial charge in [-0.1, -0.05) is 36.6 Å². The highest BCUT2D eigenvalue weighted by molar-refractivity contribution is 6.30. The molecule has 1 aliphatic rings. The van der Waals surface area contributed by atoms with Crippen LogP contribution >= 0.6 is 11.6 Å². The first-order valence-electron chi connectivity index (χ1n) is 6.89. The van der Waals surface area contributed by atoms with Crippen LogP contribution in [0.1, 0.15) is 37.7 Å². The van der Waals surface area contributed by atoms with E-state index in [0.29, 0.717) is 13.0 Å². The van der Waals surface area contributed by atoms with Crippen molar-refractivity contribution in [2.24, 2.45) is 5.73 Å². The third kappa shape index (κ3) is 3.95. The van der Waals surface area contributed by atoms with Gasteiger partial charge in [-0.15, -0.1) is 0 Å². The van der Waals surface area contributed by atoms with Crippen LogP contribution < -0.4 is 11.1 Å². The molecule has 1 amide bonds. The Morgan fingerprint density at radius 1 is 1.26 bits per heavy atom. The van der Waals surface area contributed by atoms with E-state index >= 15 is 0 Å². The van der Waals surface area contributed by atoms with Gasteiger partial charge in [0.15, 0.2) is 0 Å². The fourth-order valence-electron chi connectivity index (χ4n) is 2.70. The van der Waals surface area contributed by atoms with Crippen molar-refractivity contribution in [3.8, 4) is 0 Å². The van der Waals surface area contributed by atoms with E-state index in [2.05, 4.69) is 5.32 Å². The fourth-order valence-corrected chi connectivity index (χ4v) is 2.83. The van der Waals surface area contributed by atoms with Crippen LogP contribution in [0.25, 0.3) is 0 Å². The molecule has 1 aromatic rings. The summed E-state index contributed by atoms with van der Waals surface area (Å²) in [4.78, 5) is 12.0. The second-order valence-corrected chi connectivity index (χ2v) is 5.80. The van der Waals surface area contributed by atoms with Crippen LogP contribution in [0.3, 0.4) is 0 Å². The topological polar surface area (TPSA) is 55.1 Å². The Morgan fingerprint density at radius 3 is 2.47 bits per heavy atom. The molecule has 3 N–H and O–H groups in total. The summed E-state index contributed by atoms with van der Waals surface area (Å²) in [6, 6.07) is 7.63. The number of nitrogens with one attached hydrogen (secondary N) is 1. The summed E-state index contributed by atoms with van der Waals surface area (Å²) in [6.45, 7) is 0.541.